The molecule has 0 radical (unpaired) electrons. The molecule has 1 aromatic rings. The van der Waals surface area contributed by atoms with Crippen LogP contribution >= 0.6 is 15.9 Å². The molecule has 1 aliphatic rings. The largest absolute Gasteiger partial charge is 0.381 e. The molecule has 1 aliphatic carbocycles. The first kappa shape index (κ1) is 12.0. The molecule has 0 saturated heterocycles. The van der Waals surface area contributed by atoms with Gasteiger partial charge in [-0.05, 0) is 52.7 Å². The highest BCUT2D eigenvalue weighted by molar-refractivity contribution is 9.10. The fourth-order valence-electron chi connectivity index (χ4n) is 2.51. The van der Waals surface area contributed by atoms with Crippen LogP contribution in [0.5, 0.6) is 0 Å². The highest BCUT2D eigenvalue weighted by atomic mass is 79.9. The molecule has 16 heavy (non-hydrogen) atoms. The standard InChI is InChI=1S/C14H20BrN/c1-10-7-8-11(2)14(9-10)16-13-6-4-3-5-12(13)15/h3-6,10-11,14,16H,7-9H2,1-2H3. The molecular weight excluding hydrogens is 262 g/mol. The number of nitrogens with one attached hydrogen (secondary N) is 1. The molecule has 0 aliphatic heterocycles. The van der Waals surface area contributed by atoms with Crippen molar-refractivity contribution in [2.45, 2.75) is 39.2 Å². The van der Waals surface area contributed by atoms with Gasteiger partial charge in [0.2, 0.25) is 0 Å². The molecule has 1 aromatic carbocycles. The minimum absolute atomic E-state index is 0.627. The van der Waals surface area contributed by atoms with E-state index in [0.717, 1.165) is 11.8 Å². The Balaban J connectivity index is 2.06. The van der Waals surface area contributed by atoms with E-state index >= 15 is 0 Å². The minimum Gasteiger partial charge on any atom is -0.381 e. The molecule has 1 N–H and O–H groups in total. The van der Waals surface area contributed by atoms with Gasteiger partial charge >= 0.3 is 0 Å². The summed E-state index contributed by atoms with van der Waals surface area (Å²) >= 11 is 3.60. The maximum Gasteiger partial charge on any atom is 0.0486 e. The highest BCUT2D eigenvalue weighted by Crippen LogP contribution is 2.32. The zero-order valence-corrected chi connectivity index (χ0v) is 11.6. The summed E-state index contributed by atoms with van der Waals surface area (Å²) in [7, 11) is 0. The van der Waals surface area contributed by atoms with Crippen molar-refractivity contribution >= 4 is 21.6 Å². The van der Waals surface area contributed by atoms with Crippen LogP contribution in [-0.4, -0.2) is 6.04 Å². The second kappa shape index (κ2) is 5.22. The summed E-state index contributed by atoms with van der Waals surface area (Å²) in [5.74, 6) is 1.64. The van der Waals surface area contributed by atoms with Crippen LogP contribution in [0.25, 0.3) is 0 Å². The maximum absolute atomic E-state index is 3.68. The van der Waals surface area contributed by atoms with Gasteiger partial charge in [-0.1, -0.05) is 32.4 Å². The molecule has 3 atom stereocenters. The Kier molecular flexibility index (Phi) is 3.91. The third kappa shape index (κ3) is 2.79. The third-order valence-corrected chi connectivity index (χ3v) is 4.36. The highest BCUT2D eigenvalue weighted by Gasteiger charge is 2.25. The van der Waals surface area contributed by atoms with Gasteiger partial charge in [-0.25, -0.2) is 0 Å². The summed E-state index contributed by atoms with van der Waals surface area (Å²) in [6.07, 6.45) is 4.03. The van der Waals surface area contributed by atoms with Crippen molar-refractivity contribution in [1.82, 2.24) is 0 Å². The van der Waals surface area contributed by atoms with Gasteiger partial charge < -0.3 is 5.32 Å². The second-order valence-electron chi connectivity index (χ2n) is 5.13. The van der Waals surface area contributed by atoms with Crippen molar-refractivity contribution < 1.29 is 0 Å². The molecule has 0 amide bonds. The average Bonchev–Trinajstić information content (AvgIpc) is 2.27. The van der Waals surface area contributed by atoms with Crippen molar-refractivity contribution in [2.24, 2.45) is 11.8 Å². The molecule has 1 nitrogen and oxygen atoms in total. The maximum atomic E-state index is 3.68. The van der Waals surface area contributed by atoms with Crippen LogP contribution in [0.4, 0.5) is 5.69 Å². The van der Waals surface area contributed by atoms with Gasteiger partial charge in [0.15, 0.2) is 0 Å². The summed E-state index contributed by atoms with van der Waals surface area (Å²) in [6, 6.07) is 9.02. The van der Waals surface area contributed by atoms with E-state index < -0.39 is 0 Å². The molecule has 0 spiro atoms. The lowest BCUT2D eigenvalue weighted by atomic mass is 9.80. The molecule has 2 rings (SSSR count). The number of anilines is 1. The van der Waals surface area contributed by atoms with E-state index in [1.54, 1.807) is 0 Å². The molecule has 1 saturated carbocycles. The van der Waals surface area contributed by atoms with E-state index in [1.165, 1.54) is 29.4 Å². The van der Waals surface area contributed by atoms with Gasteiger partial charge in [0.1, 0.15) is 0 Å². The quantitative estimate of drug-likeness (QED) is 0.830. The molecule has 1 fully saturated rings. The topological polar surface area (TPSA) is 12.0 Å². The van der Waals surface area contributed by atoms with Crippen molar-refractivity contribution in [3.05, 3.63) is 28.7 Å². The number of benzene rings is 1. The Hall–Kier alpha value is -0.500. The van der Waals surface area contributed by atoms with E-state index in [4.69, 9.17) is 0 Å². The van der Waals surface area contributed by atoms with Gasteiger partial charge in [0, 0.05) is 16.2 Å². The molecule has 0 aromatic heterocycles. The van der Waals surface area contributed by atoms with Gasteiger partial charge in [0.25, 0.3) is 0 Å². The lowest BCUT2D eigenvalue weighted by Gasteiger charge is -2.34. The van der Waals surface area contributed by atoms with Gasteiger partial charge in [-0.2, -0.15) is 0 Å². The summed E-state index contributed by atoms with van der Waals surface area (Å²) in [5.41, 5.74) is 1.23. The summed E-state index contributed by atoms with van der Waals surface area (Å²) < 4.78 is 1.17. The molecule has 88 valence electrons. The smallest absolute Gasteiger partial charge is 0.0486 e. The lowest BCUT2D eigenvalue weighted by Crippen LogP contribution is -2.33. The average molecular weight is 282 g/mol. The fourth-order valence-corrected chi connectivity index (χ4v) is 2.91. The first-order chi connectivity index (χ1) is 7.66. The minimum atomic E-state index is 0.627. The summed E-state index contributed by atoms with van der Waals surface area (Å²) in [5, 5.41) is 3.68. The van der Waals surface area contributed by atoms with Crippen molar-refractivity contribution in [3.63, 3.8) is 0 Å². The van der Waals surface area contributed by atoms with E-state index in [1.807, 2.05) is 0 Å². The van der Waals surface area contributed by atoms with Crippen LogP contribution in [0.3, 0.4) is 0 Å². The fraction of sp³-hybridized carbons (Fsp3) is 0.571. The van der Waals surface area contributed by atoms with Gasteiger partial charge in [-0.3, -0.25) is 0 Å². The van der Waals surface area contributed by atoms with Gasteiger partial charge in [-0.15, -0.1) is 0 Å². The zero-order valence-electron chi connectivity index (χ0n) is 10.0. The predicted octanol–water partition coefficient (Wildman–Crippen LogP) is 4.69. The Labute approximate surface area is 107 Å². The monoisotopic (exact) mass is 281 g/mol. The second-order valence-corrected chi connectivity index (χ2v) is 5.98. The molecule has 2 heteroatoms. The molecule has 0 heterocycles. The SMILES string of the molecule is CC1CCC(C)C(Nc2ccccc2Br)C1. The van der Waals surface area contributed by atoms with Crippen LogP contribution in [0, 0.1) is 11.8 Å². The van der Waals surface area contributed by atoms with E-state index in [9.17, 15) is 0 Å². The van der Waals surface area contributed by atoms with Crippen molar-refractivity contribution in [2.75, 3.05) is 5.32 Å². The number of hydrogen-bond donors (Lipinski definition) is 1. The Bertz CT molecular complexity index is 350. The predicted molar refractivity (Wildman–Crippen MR) is 73.7 cm³/mol. The van der Waals surface area contributed by atoms with Crippen LogP contribution in [0.2, 0.25) is 0 Å². The van der Waals surface area contributed by atoms with Crippen LogP contribution in [0.1, 0.15) is 33.1 Å². The Morgan fingerprint density at radius 2 is 1.94 bits per heavy atom. The van der Waals surface area contributed by atoms with Crippen LogP contribution < -0.4 is 5.32 Å². The summed E-state index contributed by atoms with van der Waals surface area (Å²) in [6.45, 7) is 4.72. The number of hydrogen-bond acceptors (Lipinski definition) is 1. The molecule has 3 unspecified atom stereocenters. The molecular formula is C14H20BrN. The van der Waals surface area contributed by atoms with Crippen molar-refractivity contribution in [1.29, 1.82) is 0 Å². The van der Waals surface area contributed by atoms with Crippen LogP contribution in [0.15, 0.2) is 28.7 Å². The van der Waals surface area contributed by atoms with E-state index in [0.29, 0.717) is 6.04 Å². The normalized spacial score (nSPS) is 30.1. The van der Waals surface area contributed by atoms with E-state index in [2.05, 4.69) is 59.4 Å². The Morgan fingerprint density at radius 1 is 1.19 bits per heavy atom. The summed E-state index contributed by atoms with van der Waals surface area (Å²) in [4.78, 5) is 0. The number of rotatable bonds is 2. The first-order valence-electron chi connectivity index (χ1n) is 6.18. The number of para-hydroxylation sites is 1. The van der Waals surface area contributed by atoms with Gasteiger partial charge in [0.05, 0.1) is 0 Å². The number of halogens is 1. The lowest BCUT2D eigenvalue weighted by molar-refractivity contribution is 0.280. The Morgan fingerprint density at radius 3 is 2.69 bits per heavy atom. The van der Waals surface area contributed by atoms with Crippen LogP contribution in [-0.2, 0) is 0 Å². The van der Waals surface area contributed by atoms with Crippen molar-refractivity contribution in [3.8, 4) is 0 Å². The third-order valence-electron chi connectivity index (χ3n) is 3.67. The zero-order chi connectivity index (χ0) is 11.5. The van der Waals surface area contributed by atoms with E-state index in [-0.39, 0.29) is 0 Å². The first-order valence-corrected chi connectivity index (χ1v) is 6.97. The molecule has 0 bridgehead atoms.